The molecule has 102 valence electrons. The Bertz CT molecular complexity index is 645. The van der Waals surface area contributed by atoms with Crippen LogP contribution < -0.4 is 4.74 Å². The Morgan fingerprint density at radius 1 is 1.20 bits per heavy atom. The van der Waals surface area contributed by atoms with Crippen molar-refractivity contribution in [2.75, 3.05) is 0 Å². The van der Waals surface area contributed by atoms with Gasteiger partial charge in [0.1, 0.15) is 5.75 Å². The van der Waals surface area contributed by atoms with E-state index in [4.69, 9.17) is 4.74 Å². The molecule has 2 aromatic carbocycles. The summed E-state index contributed by atoms with van der Waals surface area (Å²) in [5.74, 6) is -0.478. The summed E-state index contributed by atoms with van der Waals surface area (Å²) in [5.41, 5.74) is 0.103. The van der Waals surface area contributed by atoms with E-state index in [2.05, 4.69) is 0 Å². The number of benzene rings is 2. The predicted molar refractivity (Wildman–Crippen MR) is 71.5 cm³/mol. The van der Waals surface area contributed by atoms with Crippen molar-refractivity contribution in [1.29, 1.82) is 0 Å². The third-order valence-electron chi connectivity index (χ3n) is 2.42. The van der Waals surface area contributed by atoms with Crippen LogP contribution >= 0.6 is 12.1 Å². The summed E-state index contributed by atoms with van der Waals surface area (Å²) in [7, 11) is 0. The van der Waals surface area contributed by atoms with Gasteiger partial charge in [-0.25, -0.2) is 4.79 Å². The third kappa shape index (κ3) is 3.33. The molecule has 0 aromatic heterocycles. The number of carbonyl (C=O) groups excluding carboxylic acids is 1. The molecule has 0 saturated heterocycles. The molecule has 0 radical (unpaired) electrons. The zero-order valence-corrected chi connectivity index (χ0v) is 10.8. The third-order valence-corrected chi connectivity index (χ3v) is 2.85. The fourth-order valence-electron chi connectivity index (χ4n) is 1.47. The summed E-state index contributed by atoms with van der Waals surface area (Å²) in [6.07, 6.45) is 0. The normalized spacial score (nSPS) is 10.1. The number of nitro groups is 1. The summed E-state index contributed by atoms with van der Waals surface area (Å²) in [5, 5.41) is 10.5. The minimum absolute atomic E-state index is 0.0291. The molecule has 0 unspecified atom stereocenters. The Morgan fingerprint density at radius 2 is 1.90 bits per heavy atom. The van der Waals surface area contributed by atoms with Crippen molar-refractivity contribution >= 4 is 23.8 Å². The van der Waals surface area contributed by atoms with Crippen LogP contribution in [0, 0.1) is 10.1 Å². The van der Waals surface area contributed by atoms with Gasteiger partial charge in [0.2, 0.25) is 0 Å². The van der Waals surface area contributed by atoms with E-state index in [1.54, 1.807) is 0 Å². The first-order chi connectivity index (χ1) is 9.60. The molecule has 7 heteroatoms. The summed E-state index contributed by atoms with van der Waals surface area (Å²) in [6, 6.07) is 11.0. The van der Waals surface area contributed by atoms with E-state index in [9.17, 15) is 18.8 Å². The van der Waals surface area contributed by atoms with Gasteiger partial charge in [-0.15, -0.1) is 0 Å². The lowest BCUT2D eigenvalue weighted by molar-refractivity contribution is -0.384. The van der Waals surface area contributed by atoms with Gasteiger partial charge in [-0.1, -0.05) is 6.07 Å². The van der Waals surface area contributed by atoms with Crippen LogP contribution in [0.25, 0.3) is 0 Å². The molecule has 5 nitrogen and oxygen atoms in total. The maximum Gasteiger partial charge on any atom is 0.343 e. The highest BCUT2D eigenvalue weighted by Gasteiger charge is 2.11. The van der Waals surface area contributed by atoms with Crippen LogP contribution in [0.2, 0.25) is 0 Å². The lowest BCUT2D eigenvalue weighted by atomic mass is 10.2. The van der Waals surface area contributed by atoms with E-state index in [1.165, 1.54) is 48.5 Å². The van der Waals surface area contributed by atoms with Crippen molar-refractivity contribution in [3.05, 3.63) is 64.2 Å². The van der Waals surface area contributed by atoms with Crippen LogP contribution in [0.3, 0.4) is 0 Å². The molecule has 0 amide bonds. The molecule has 20 heavy (non-hydrogen) atoms. The second kappa shape index (κ2) is 6.16. The zero-order chi connectivity index (χ0) is 14.5. The minimum Gasteiger partial charge on any atom is -0.423 e. The second-order valence-corrected chi connectivity index (χ2v) is 4.37. The minimum atomic E-state index is -0.658. The van der Waals surface area contributed by atoms with Gasteiger partial charge in [-0.3, -0.25) is 10.1 Å². The molecule has 0 fully saturated rings. The van der Waals surface area contributed by atoms with Crippen molar-refractivity contribution in [3.8, 4) is 5.75 Å². The molecule has 0 aliphatic carbocycles. The number of nitrogens with zero attached hydrogens (tertiary/aromatic N) is 1. The van der Waals surface area contributed by atoms with Gasteiger partial charge >= 0.3 is 5.97 Å². The average molecular weight is 293 g/mol. The highest BCUT2D eigenvalue weighted by molar-refractivity contribution is 7.94. The van der Waals surface area contributed by atoms with E-state index >= 15 is 0 Å². The highest BCUT2D eigenvalue weighted by Crippen LogP contribution is 2.22. The number of hydrogen-bond acceptors (Lipinski definition) is 5. The molecule has 0 saturated carbocycles. The SMILES string of the molecule is O=C(Oc1ccc([N+](=O)[O-])cc1)c1cccc(SF)c1. The van der Waals surface area contributed by atoms with E-state index in [0.717, 1.165) is 0 Å². The molecule has 0 aliphatic rings. The topological polar surface area (TPSA) is 69.4 Å². The Hall–Kier alpha value is -2.41. The number of halogens is 1. The number of esters is 1. The van der Waals surface area contributed by atoms with Crippen LogP contribution in [-0.4, -0.2) is 10.9 Å². The lowest BCUT2D eigenvalue weighted by Gasteiger charge is -2.04. The standard InChI is InChI=1S/C13H8FNO4S/c14-20-12-3-1-2-9(8-12)13(16)19-11-6-4-10(5-7-11)15(17)18/h1-8H. The number of non-ortho nitro benzene ring substituents is 1. The van der Waals surface area contributed by atoms with E-state index in [0.29, 0.717) is 4.90 Å². The maximum atomic E-state index is 12.4. The average Bonchev–Trinajstić information content (AvgIpc) is 2.47. The highest BCUT2D eigenvalue weighted by atomic mass is 32.2. The smallest absolute Gasteiger partial charge is 0.343 e. The van der Waals surface area contributed by atoms with Crippen molar-refractivity contribution < 1.29 is 18.3 Å². The molecule has 0 aliphatic heterocycles. The molecule has 2 rings (SSSR count). The van der Waals surface area contributed by atoms with Crippen molar-refractivity contribution in [2.24, 2.45) is 0 Å². The van der Waals surface area contributed by atoms with Crippen molar-refractivity contribution in [2.45, 2.75) is 4.90 Å². The molecule has 0 N–H and O–H groups in total. The molecule has 0 bridgehead atoms. The first-order valence-corrected chi connectivity index (χ1v) is 6.17. The van der Waals surface area contributed by atoms with Gasteiger partial charge in [0, 0.05) is 17.0 Å². The quantitative estimate of drug-likeness (QED) is 0.371. The molecule has 0 atom stereocenters. The largest absolute Gasteiger partial charge is 0.423 e. The molecule has 0 heterocycles. The summed E-state index contributed by atoms with van der Waals surface area (Å²) in [6.45, 7) is 0. The maximum absolute atomic E-state index is 12.4. The Kier molecular flexibility index (Phi) is 4.31. The predicted octanol–water partition coefficient (Wildman–Crippen LogP) is 3.79. The van der Waals surface area contributed by atoms with Gasteiger partial charge in [-0.05, 0) is 30.3 Å². The van der Waals surface area contributed by atoms with Crippen LogP contribution in [0.15, 0.2) is 53.4 Å². The Balaban J connectivity index is 2.12. The van der Waals surface area contributed by atoms with E-state index in [1.807, 2.05) is 0 Å². The first-order valence-electron chi connectivity index (χ1n) is 5.45. The van der Waals surface area contributed by atoms with Gasteiger partial charge in [0.15, 0.2) is 0 Å². The number of rotatable bonds is 4. The Morgan fingerprint density at radius 3 is 2.50 bits per heavy atom. The monoisotopic (exact) mass is 293 g/mol. The van der Waals surface area contributed by atoms with Gasteiger partial charge in [0.25, 0.3) is 5.69 Å². The number of nitro benzene ring substituents is 1. The van der Waals surface area contributed by atoms with Crippen LogP contribution in [0.4, 0.5) is 9.57 Å². The van der Waals surface area contributed by atoms with Gasteiger partial charge in [-0.2, -0.15) is 3.89 Å². The van der Waals surface area contributed by atoms with E-state index in [-0.39, 0.29) is 29.1 Å². The van der Waals surface area contributed by atoms with Crippen molar-refractivity contribution in [1.82, 2.24) is 0 Å². The molecule has 0 spiro atoms. The second-order valence-electron chi connectivity index (χ2n) is 3.75. The molecular formula is C13H8FNO4S. The van der Waals surface area contributed by atoms with Crippen LogP contribution in [-0.2, 0) is 0 Å². The number of ether oxygens (including phenoxy) is 1. The van der Waals surface area contributed by atoms with Gasteiger partial charge < -0.3 is 4.74 Å². The fraction of sp³-hybridized carbons (Fsp3) is 0. The summed E-state index contributed by atoms with van der Waals surface area (Å²) in [4.78, 5) is 22.0. The first kappa shape index (κ1) is 14.0. The fourth-order valence-corrected chi connectivity index (χ4v) is 1.77. The van der Waals surface area contributed by atoms with Gasteiger partial charge in [0.05, 0.1) is 22.6 Å². The number of carbonyl (C=O) groups is 1. The summed E-state index contributed by atoms with van der Waals surface area (Å²) >= 11 is 0.0291. The van der Waals surface area contributed by atoms with Crippen LogP contribution in [0.1, 0.15) is 10.4 Å². The van der Waals surface area contributed by atoms with Crippen LogP contribution in [0.5, 0.6) is 5.75 Å². The number of hydrogen-bond donors (Lipinski definition) is 0. The Labute approximate surface area is 117 Å². The zero-order valence-electron chi connectivity index (χ0n) is 9.99. The molecular weight excluding hydrogens is 285 g/mol. The van der Waals surface area contributed by atoms with Crippen molar-refractivity contribution in [3.63, 3.8) is 0 Å². The summed E-state index contributed by atoms with van der Waals surface area (Å²) < 4.78 is 17.5. The molecule has 2 aromatic rings. The van der Waals surface area contributed by atoms with E-state index < -0.39 is 10.9 Å². The lowest BCUT2D eigenvalue weighted by Crippen LogP contribution is -2.08.